The Balaban J connectivity index is 0.00000432. The molecule has 12 heteroatoms. The van der Waals surface area contributed by atoms with Gasteiger partial charge in [0.15, 0.2) is 17.5 Å². The third kappa shape index (κ3) is 6.13. The number of amides is 1. The molecule has 0 saturated carbocycles. The standard InChI is InChI=1S/C23H25N3O7S.ClH/c1-30-17-6-5-12(7-16(17)25-23(29)15(24)10-20(27)28)14-11-34-26-21(14)13-8-18(31-2)22(33-4)19(9-13)32-3;/h5-9,11,15H,10,24H2,1-4H3,(H,25,29)(H,27,28);1H/t15-;/m1./s1. The second-order valence-electron chi connectivity index (χ2n) is 7.19. The van der Waals surface area contributed by atoms with Crippen LogP contribution in [0.5, 0.6) is 23.0 Å². The predicted molar refractivity (Wildman–Crippen MR) is 127 cm³/mol. The lowest BCUT2D eigenvalue weighted by molar-refractivity contribution is -0.401. The molecule has 0 aliphatic rings. The number of ether oxygens (including phenoxy) is 4. The van der Waals surface area contributed by atoms with Crippen molar-refractivity contribution in [3.63, 3.8) is 0 Å². The molecule has 35 heavy (non-hydrogen) atoms. The minimum atomic E-state index is -1.10. The summed E-state index contributed by atoms with van der Waals surface area (Å²) < 4.78 is 26.3. The van der Waals surface area contributed by atoms with E-state index >= 15 is 0 Å². The van der Waals surface area contributed by atoms with Crippen LogP contribution in [0.15, 0.2) is 35.7 Å². The zero-order chi connectivity index (χ0) is 24.8. The average Bonchev–Trinajstić information content (AvgIpc) is 3.32. The fourth-order valence-electron chi connectivity index (χ4n) is 3.38. The van der Waals surface area contributed by atoms with E-state index in [1.54, 1.807) is 26.4 Å². The van der Waals surface area contributed by atoms with Crippen molar-refractivity contribution < 1.29 is 51.8 Å². The first kappa shape index (κ1) is 27.7. The van der Waals surface area contributed by atoms with E-state index < -0.39 is 17.9 Å². The van der Waals surface area contributed by atoms with Crippen molar-refractivity contribution in [3.05, 3.63) is 35.7 Å². The van der Waals surface area contributed by atoms with Gasteiger partial charge in [-0.05, 0) is 41.4 Å². The highest BCUT2D eigenvalue weighted by atomic mass is 35.5. The number of carboxylic acid groups (broad SMARTS) is 1. The van der Waals surface area contributed by atoms with E-state index in [0.29, 0.717) is 34.4 Å². The summed E-state index contributed by atoms with van der Waals surface area (Å²) >= 11 is 1.28. The number of hydrogen-bond acceptors (Lipinski definition) is 8. The van der Waals surface area contributed by atoms with Crippen molar-refractivity contribution in [3.8, 4) is 45.4 Å². The molecule has 10 nitrogen and oxygen atoms in total. The van der Waals surface area contributed by atoms with Gasteiger partial charge in [0.1, 0.15) is 12.2 Å². The Morgan fingerprint density at radius 2 is 1.63 bits per heavy atom. The molecule has 1 heterocycles. The number of methoxy groups -OCH3 is 4. The highest BCUT2D eigenvalue weighted by Crippen LogP contribution is 2.44. The van der Waals surface area contributed by atoms with Gasteiger partial charge in [-0.1, -0.05) is 6.07 Å². The molecule has 0 bridgehead atoms. The van der Waals surface area contributed by atoms with Gasteiger partial charge in [-0.2, -0.15) is 4.37 Å². The Kier molecular flexibility index (Phi) is 9.69. The minimum absolute atomic E-state index is 0. The second kappa shape index (κ2) is 12.2. The van der Waals surface area contributed by atoms with E-state index in [1.165, 1.54) is 25.8 Å². The largest absolute Gasteiger partial charge is 1.00 e. The quantitative estimate of drug-likeness (QED) is 0.324. The second-order valence-corrected chi connectivity index (χ2v) is 7.82. The van der Waals surface area contributed by atoms with Crippen molar-refractivity contribution in [2.75, 3.05) is 33.8 Å². The first-order valence-corrected chi connectivity index (χ1v) is 10.9. The normalized spacial score (nSPS) is 11.1. The average molecular weight is 524 g/mol. The number of nitrogens with zero attached hydrogens (tertiary/aromatic N) is 1. The first-order chi connectivity index (χ1) is 16.3. The summed E-state index contributed by atoms with van der Waals surface area (Å²) in [6.45, 7) is 0. The van der Waals surface area contributed by atoms with Gasteiger partial charge in [0.2, 0.25) is 5.75 Å². The van der Waals surface area contributed by atoms with Gasteiger partial charge in [0.25, 0.3) is 5.91 Å². The smallest absolute Gasteiger partial charge is 0.309 e. The fourth-order valence-corrected chi connectivity index (χ4v) is 4.09. The Labute approximate surface area is 212 Å². The molecule has 0 radical (unpaired) electrons. The molecular weight excluding hydrogens is 498 g/mol. The lowest BCUT2D eigenvalue weighted by atomic mass is 10.0. The third-order valence-corrected chi connectivity index (χ3v) is 5.70. The summed E-state index contributed by atoms with van der Waals surface area (Å²) in [7, 11) is 6.11. The van der Waals surface area contributed by atoms with Gasteiger partial charge in [-0.3, -0.25) is 9.59 Å². The number of quaternary nitrogens is 1. The minimum Gasteiger partial charge on any atom is -1.00 e. The van der Waals surface area contributed by atoms with E-state index in [4.69, 9.17) is 24.1 Å². The molecule has 0 saturated heterocycles. The molecule has 3 rings (SSSR count). The number of aliphatic carboxylic acids is 1. The number of carboxylic acids is 1. The van der Waals surface area contributed by atoms with Crippen molar-refractivity contribution >= 4 is 29.1 Å². The monoisotopic (exact) mass is 523 g/mol. The topological polar surface area (TPSA) is 144 Å². The number of rotatable bonds is 10. The molecule has 0 unspecified atom stereocenters. The molecule has 188 valence electrons. The number of carbonyl (C=O) groups excluding carboxylic acids is 1. The summed E-state index contributed by atoms with van der Waals surface area (Å²) in [6, 6.07) is 7.98. The number of carbonyl (C=O) groups is 2. The Bertz CT molecular complexity index is 1180. The van der Waals surface area contributed by atoms with Gasteiger partial charge < -0.3 is 47.5 Å². The summed E-state index contributed by atoms with van der Waals surface area (Å²) in [5.74, 6) is 0.277. The molecule has 1 aromatic heterocycles. The van der Waals surface area contributed by atoms with Crippen LogP contribution in [-0.4, -0.2) is 55.8 Å². The SMILES string of the molecule is COc1ccc(-c2csnc2-c2cc(OC)c(OC)c(OC)c2)cc1NC(=O)[C@H]([NH3+])CC(=O)O.[Cl-]. The lowest BCUT2D eigenvalue weighted by Gasteiger charge is -2.15. The van der Waals surface area contributed by atoms with Crippen molar-refractivity contribution in [2.24, 2.45) is 0 Å². The van der Waals surface area contributed by atoms with E-state index in [9.17, 15) is 9.59 Å². The molecular formula is C23H26ClN3O7S. The maximum atomic E-state index is 12.5. The Morgan fingerprint density at radius 1 is 1.00 bits per heavy atom. The van der Waals surface area contributed by atoms with Gasteiger partial charge in [0, 0.05) is 16.5 Å². The number of nitrogens with one attached hydrogen (secondary N) is 1. The summed E-state index contributed by atoms with van der Waals surface area (Å²) in [6.07, 6.45) is -0.381. The van der Waals surface area contributed by atoms with Gasteiger partial charge in [-0.15, -0.1) is 0 Å². The van der Waals surface area contributed by atoms with Crippen molar-refractivity contribution in [2.45, 2.75) is 12.5 Å². The highest BCUT2D eigenvalue weighted by Gasteiger charge is 2.23. The maximum Gasteiger partial charge on any atom is 0.309 e. The van der Waals surface area contributed by atoms with E-state index in [2.05, 4.69) is 15.4 Å². The molecule has 0 aliphatic heterocycles. The van der Waals surface area contributed by atoms with Crippen LogP contribution in [0.25, 0.3) is 22.4 Å². The van der Waals surface area contributed by atoms with Crippen molar-refractivity contribution in [1.82, 2.24) is 4.37 Å². The molecule has 0 spiro atoms. The van der Waals surface area contributed by atoms with Crippen LogP contribution >= 0.6 is 11.5 Å². The zero-order valence-electron chi connectivity index (χ0n) is 19.6. The molecule has 1 atom stereocenters. The van der Waals surface area contributed by atoms with Crippen LogP contribution in [0, 0.1) is 0 Å². The van der Waals surface area contributed by atoms with E-state index in [-0.39, 0.29) is 18.8 Å². The van der Waals surface area contributed by atoms with E-state index in [0.717, 1.165) is 16.7 Å². The third-order valence-electron chi connectivity index (χ3n) is 5.07. The van der Waals surface area contributed by atoms with Gasteiger partial charge in [0.05, 0.1) is 39.8 Å². The summed E-state index contributed by atoms with van der Waals surface area (Å²) in [5.41, 5.74) is 7.05. The fraction of sp³-hybridized carbons (Fsp3) is 0.261. The number of halogens is 1. The zero-order valence-corrected chi connectivity index (χ0v) is 21.2. The number of anilines is 1. The van der Waals surface area contributed by atoms with Gasteiger partial charge in [-0.25, -0.2) is 0 Å². The predicted octanol–water partition coefficient (Wildman–Crippen LogP) is -0.461. The van der Waals surface area contributed by atoms with Crippen LogP contribution in [0.1, 0.15) is 6.42 Å². The first-order valence-electron chi connectivity index (χ1n) is 10.1. The maximum absolute atomic E-state index is 12.5. The Hall–Kier alpha value is -3.54. The molecule has 3 aromatic rings. The molecule has 0 fully saturated rings. The van der Waals surface area contributed by atoms with Crippen LogP contribution in [0.4, 0.5) is 5.69 Å². The molecule has 0 aliphatic carbocycles. The number of hydrogen-bond donors (Lipinski definition) is 3. The van der Waals surface area contributed by atoms with Crippen LogP contribution < -0.4 is 42.4 Å². The van der Waals surface area contributed by atoms with Crippen LogP contribution in [-0.2, 0) is 9.59 Å². The van der Waals surface area contributed by atoms with E-state index in [1.807, 2.05) is 23.6 Å². The Morgan fingerprint density at radius 3 is 2.17 bits per heavy atom. The lowest BCUT2D eigenvalue weighted by Crippen LogP contribution is -3.00. The highest BCUT2D eigenvalue weighted by molar-refractivity contribution is 7.04. The molecule has 5 N–H and O–H groups in total. The van der Waals surface area contributed by atoms with Gasteiger partial charge >= 0.3 is 5.97 Å². The summed E-state index contributed by atoms with van der Waals surface area (Å²) in [5, 5.41) is 13.5. The van der Waals surface area contributed by atoms with Crippen LogP contribution in [0.2, 0.25) is 0 Å². The number of aromatic nitrogens is 1. The summed E-state index contributed by atoms with van der Waals surface area (Å²) in [4.78, 5) is 23.4. The molecule has 2 aromatic carbocycles. The van der Waals surface area contributed by atoms with Crippen molar-refractivity contribution in [1.29, 1.82) is 0 Å². The molecule has 1 amide bonds. The van der Waals surface area contributed by atoms with Crippen LogP contribution in [0.3, 0.4) is 0 Å². The number of benzene rings is 2.